The van der Waals surface area contributed by atoms with Gasteiger partial charge in [0.15, 0.2) is 11.5 Å². The van der Waals surface area contributed by atoms with E-state index in [-0.39, 0.29) is 30.7 Å². The van der Waals surface area contributed by atoms with Crippen molar-refractivity contribution in [1.29, 1.82) is 0 Å². The van der Waals surface area contributed by atoms with Crippen molar-refractivity contribution in [3.05, 3.63) is 59.2 Å². The van der Waals surface area contributed by atoms with Crippen LogP contribution < -0.4 is 25.4 Å². The summed E-state index contributed by atoms with van der Waals surface area (Å²) in [5.74, 6) is 1.96. The second-order valence-electron chi connectivity index (χ2n) is 17.2. The molecule has 0 bridgehead atoms. The fraction of sp³-hybridized carbons (Fsp3) is 0.732. The van der Waals surface area contributed by atoms with E-state index in [0.717, 1.165) is 62.0 Å². The number of ether oxygens (including phenoxy) is 14. The Morgan fingerprint density at radius 3 is 1.32 bits per heavy atom. The van der Waals surface area contributed by atoms with Gasteiger partial charge >= 0.3 is 0 Å². The average molecular weight is 1120 g/mol. The van der Waals surface area contributed by atoms with Crippen LogP contribution in [0, 0.1) is 0 Å². The quantitative estimate of drug-likeness (QED) is 0.0531. The molecule has 0 fully saturated rings. The van der Waals surface area contributed by atoms with E-state index in [1.54, 1.807) is 12.1 Å². The third-order valence-corrected chi connectivity index (χ3v) is 11.1. The molecule has 0 heterocycles. The van der Waals surface area contributed by atoms with Crippen molar-refractivity contribution in [2.45, 2.75) is 78.2 Å². The lowest BCUT2D eigenvalue weighted by Crippen LogP contribution is -2.27. The molecular weight excluding hydrogens is 1020 g/mol. The lowest BCUT2D eigenvalue weighted by molar-refractivity contribution is -0.123. The standard InChI is InChI=1S/C56H94ClN3O17/c1-3-5-11-54(61)58-21-24-65-26-28-67-30-32-69-34-36-71-38-40-73-42-44-75-46-45-74-43-41-72-39-37-70-35-33-68-31-29-66-27-25-64-23-18-55(62)60-48-50-12-15-51(16-13-50)56(63)59-20-8-9-22-77-52-17-14-49(10-6-7-19-57)47-53(52)76-4-2/h12-17,47H,3-11,18-46,48H2,1-2H3,(H,58,61)(H,59,63)(H,60,62). The minimum Gasteiger partial charge on any atom is -0.490 e. The van der Waals surface area contributed by atoms with Crippen LogP contribution in [0.4, 0.5) is 0 Å². The summed E-state index contributed by atoms with van der Waals surface area (Å²) < 4.78 is 77.8. The van der Waals surface area contributed by atoms with E-state index in [4.69, 9.17) is 77.9 Å². The van der Waals surface area contributed by atoms with E-state index in [1.807, 2.05) is 31.2 Å². The molecule has 20 nitrogen and oxygen atoms in total. The highest BCUT2D eigenvalue weighted by atomic mass is 35.5. The first-order chi connectivity index (χ1) is 38.0. The molecule has 0 unspecified atom stereocenters. The van der Waals surface area contributed by atoms with E-state index in [0.29, 0.717) is 203 Å². The van der Waals surface area contributed by atoms with Crippen molar-refractivity contribution in [3.8, 4) is 11.5 Å². The Morgan fingerprint density at radius 2 is 0.857 bits per heavy atom. The second-order valence-corrected chi connectivity index (χ2v) is 17.6. The number of halogens is 1. The number of unbranched alkanes of at least 4 members (excludes halogenated alkanes) is 3. The molecule has 21 heteroatoms. The monoisotopic (exact) mass is 1120 g/mol. The highest BCUT2D eigenvalue weighted by Crippen LogP contribution is 2.29. The van der Waals surface area contributed by atoms with Crippen LogP contribution in [0.25, 0.3) is 0 Å². The topological polar surface area (TPSA) is 217 Å². The third kappa shape index (κ3) is 42.8. The summed E-state index contributed by atoms with van der Waals surface area (Å²) >= 11 is 5.81. The number of benzene rings is 2. The van der Waals surface area contributed by atoms with Gasteiger partial charge in [-0.1, -0.05) is 31.5 Å². The zero-order chi connectivity index (χ0) is 55.2. The summed E-state index contributed by atoms with van der Waals surface area (Å²) in [6, 6.07) is 13.3. The van der Waals surface area contributed by atoms with Gasteiger partial charge in [-0.25, -0.2) is 0 Å². The smallest absolute Gasteiger partial charge is 0.251 e. The lowest BCUT2D eigenvalue weighted by atomic mass is 10.1. The fourth-order valence-corrected chi connectivity index (χ4v) is 6.86. The van der Waals surface area contributed by atoms with E-state index >= 15 is 0 Å². The fourth-order valence-electron chi connectivity index (χ4n) is 6.67. The van der Waals surface area contributed by atoms with Gasteiger partial charge < -0.3 is 82.3 Å². The van der Waals surface area contributed by atoms with Crippen LogP contribution in [-0.4, -0.2) is 208 Å². The first-order valence-electron chi connectivity index (χ1n) is 27.7. The molecule has 0 aliphatic rings. The van der Waals surface area contributed by atoms with Crippen LogP contribution in [0.5, 0.6) is 11.5 Å². The number of nitrogens with one attached hydrogen (secondary N) is 3. The molecule has 3 N–H and O–H groups in total. The predicted molar refractivity (Wildman–Crippen MR) is 294 cm³/mol. The molecule has 442 valence electrons. The average Bonchev–Trinajstić information content (AvgIpc) is 3.44. The summed E-state index contributed by atoms with van der Waals surface area (Å²) in [4.78, 5) is 36.5. The van der Waals surface area contributed by atoms with Crippen LogP contribution in [-0.2, 0) is 79.4 Å². The van der Waals surface area contributed by atoms with Crippen LogP contribution in [0.2, 0.25) is 0 Å². The van der Waals surface area contributed by atoms with Crippen molar-refractivity contribution in [2.24, 2.45) is 0 Å². The van der Waals surface area contributed by atoms with Gasteiger partial charge in [-0.3, -0.25) is 14.4 Å². The van der Waals surface area contributed by atoms with Crippen LogP contribution in [0.1, 0.15) is 86.7 Å². The van der Waals surface area contributed by atoms with Crippen LogP contribution in [0.3, 0.4) is 0 Å². The number of aryl methyl sites for hydroxylation is 1. The third-order valence-electron chi connectivity index (χ3n) is 10.9. The van der Waals surface area contributed by atoms with Crippen molar-refractivity contribution < 1.29 is 80.7 Å². The van der Waals surface area contributed by atoms with Gasteiger partial charge in [0.05, 0.1) is 172 Å². The molecule has 0 saturated heterocycles. The Balaban J connectivity index is 1.24. The molecule has 0 saturated carbocycles. The molecule has 77 heavy (non-hydrogen) atoms. The SMILES string of the molecule is CCCCC(=O)NCCOCCOCCOCCOCCOCCOCCOCCOCCOCCOCCOCCOCCC(=O)NCc1ccc(C(=O)NCCCCOc2ccc(CCCCCl)cc2OCC)cc1. The molecule has 0 spiro atoms. The molecule has 2 aromatic carbocycles. The maximum atomic E-state index is 12.7. The number of alkyl halides is 1. The highest BCUT2D eigenvalue weighted by Gasteiger charge is 2.09. The van der Waals surface area contributed by atoms with Gasteiger partial charge in [-0.15, -0.1) is 11.6 Å². The summed E-state index contributed by atoms with van der Waals surface area (Å²) in [5, 5.41) is 8.68. The molecule has 0 radical (unpaired) electrons. The molecule has 2 aromatic rings. The maximum absolute atomic E-state index is 12.7. The number of carbonyl (C=O) groups is 3. The Hall–Kier alpha value is -3.74. The summed E-state index contributed by atoms with van der Waals surface area (Å²) in [5.41, 5.74) is 2.66. The van der Waals surface area contributed by atoms with Crippen molar-refractivity contribution in [1.82, 2.24) is 16.0 Å². The first kappa shape index (κ1) is 69.4. The predicted octanol–water partition coefficient (Wildman–Crippen LogP) is 5.75. The van der Waals surface area contributed by atoms with Crippen molar-refractivity contribution in [2.75, 3.05) is 191 Å². The number of hydrogen-bond acceptors (Lipinski definition) is 17. The summed E-state index contributed by atoms with van der Waals surface area (Å²) in [6.07, 6.45) is 7.25. The number of hydrogen-bond donors (Lipinski definition) is 3. The van der Waals surface area contributed by atoms with Gasteiger partial charge in [-0.05, 0) is 80.8 Å². The molecule has 2 rings (SSSR count). The molecule has 0 aliphatic heterocycles. The number of rotatable bonds is 57. The Bertz CT molecular complexity index is 1690. The van der Waals surface area contributed by atoms with Crippen molar-refractivity contribution >= 4 is 29.3 Å². The van der Waals surface area contributed by atoms with E-state index < -0.39 is 0 Å². The summed E-state index contributed by atoms with van der Waals surface area (Å²) in [6.45, 7) is 17.5. The Kier molecular flexibility index (Phi) is 47.7. The molecular formula is C56H94ClN3O17. The van der Waals surface area contributed by atoms with Gasteiger partial charge in [0, 0.05) is 43.9 Å². The van der Waals surface area contributed by atoms with Crippen LogP contribution in [0.15, 0.2) is 42.5 Å². The zero-order valence-corrected chi connectivity index (χ0v) is 47.2. The minimum absolute atomic E-state index is 0.0716. The lowest BCUT2D eigenvalue weighted by Gasteiger charge is -2.13. The maximum Gasteiger partial charge on any atom is 0.251 e. The number of amides is 3. The molecule has 3 amide bonds. The van der Waals surface area contributed by atoms with E-state index in [9.17, 15) is 14.4 Å². The van der Waals surface area contributed by atoms with Gasteiger partial charge in [0.2, 0.25) is 11.8 Å². The van der Waals surface area contributed by atoms with Crippen LogP contribution >= 0.6 is 11.6 Å². The minimum atomic E-state index is -0.143. The van der Waals surface area contributed by atoms with E-state index in [1.165, 1.54) is 5.56 Å². The molecule has 0 aromatic heterocycles. The first-order valence-corrected chi connectivity index (χ1v) is 28.3. The van der Waals surface area contributed by atoms with Crippen molar-refractivity contribution in [3.63, 3.8) is 0 Å². The zero-order valence-electron chi connectivity index (χ0n) is 46.4. The normalized spacial score (nSPS) is 11.3. The summed E-state index contributed by atoms with van der Waals surface area (Å²) in [7, 11) is 0. The number of carbonyl (C=O) groups excluding carboxylic acids is 3. The van der Waals surface area contributed by atoms with Gasteiger partial charge in [-0.2, -0.15) is 0 Å². The van der Waals surface area contributed by atoms with Gasteiger partial charge in [0.25, 0.3) is 5.91 Å². The Labute approximate surface area is 464 Å². The largest absolute Gasteiger partial charge is 0.490 e. The second kappa shape index (κ2) is 52.9. The van der Waals surface area contributed by atoms with Gasteiger partial charge in [0.1, 0.15) is 0 Å². The van der Waals surface area contributed by atoms with E-state index in [2.05, 4.69) is 28.9 Å². The highest BCUT2D eigenvalue weighted by molar-refractivity contribution is 6.17. The molecule has 0 atom stereocenters. The Morgan fingerprint density at radius 1 is 0.403 bits per heavy atom. The molecule has 0 aliphatic carbocycles.